The molecule has 0 saturated carbocycles. The van der Waals surface area contributed by atoms with E-state index >= 15 is 0 Å². The van der Waals surface area contributed by atoms with Crippen molar-refractivity contribution in [1.29, 1.82) is 0 Å². The first kappa shape index (κ1) is 24.9. The summed E-state index contributed by atoms with van der Waals surface area (Å²) in [5, 5.41) is 8.23. The number of piperazine rings is 1. The summed E-state index contributed by atoms with van der Waals surface area (Å²) in [6, 6.07) is 0. The summed E-state index contributed by atoms with van der Waals surface area (Å²) in [5.74, 6) is 1.65. The van der Waals surface area contributed by atoms with Crippen LogP contribution >= 0.6 is 0 Å². The zero-order chi connectivity index (χ0) is 23.8. The molecule has 2 aliphatic rings. The molecule has 188 valence electrons. The van der Waals surface area contributed by atoms with Gasteiger partial charge in [0.15, 0.2) is 0 Å². The lowest BCUT2D eigenvalue weighted by molar-refractivity contribution is -0.121. The minimum atomic E-state index is 0.0581. The van der Waals surface area contributed by atoms with Crippen molar-refractivity contribution >= 4 is 22.8 Å². The zero-order valence-corrected chi connectivity index (χ0v) is 21.0. The standard InChI is InChI=1S/C25H41N7O2/c1-3-12-30-16-18-31(19-17-30)13-8-11-26-22(33)10-9-21-27-24(32-14-6-5-7-15-32)23-20(4-2)29-34-25(23)28-21/h3-19H2,1-2H3,(H,26,33). The predicted molar refractivity (Wildman–Crippen MR) is 134 cm³/mol. The normalized spacial score (nSPS) is 18.0. The summed E-state index contributed by atoms with van der Waals surface area (Å²) >= 11 is 0. The summed E-state index contributed by atoms with van der Waals surface area (Å²) in [7, 11) is 0. The van der Waals surface area contributed by atoms with E-state index in [0.29, 0.717) is 24.4 Å². The van der Waals surface area contributed by atoms with Gasteiger partial charge in [0.1, 0.15) is 17.0 Å². The van der Waals surface area contributed by atoms with Crippen LogP contribution in [0.2, 0.25) is 0 Å². The molecule has 9 nitrogen and oxygen atoms in total. The molecule has 1 N–H and O–H groups in total. The van der Waals surface area contributed by atoms with Crippen LogP contribution in [0.5, 0.6) is 0 Å². The third-order valence-corrected chi connectivity index (χ3v) is 6.98. The van der Waals surface area contributed by atoms with Crippen LogP contribution in [0.25, 0.3) is 11.1 Å². The minimum Gasteiger partial charge on any atom is -0.356 e. The number of aromatic nitrogens is 3. The molecule has 2 aromatic rings. The van der Waals surface area contributed by atoms with Crippen molar-refractivity contribution in [3.05, 3.63) is 11.5 Å². The number of carbonyl (C=O) groups excluding carboxylic acids is 1. The van der Waals surface area contributed by atoms with Gasteiger partial charge >= 0.3 is 0 Å². The lowest BCUT2D eigenvalue weighted by Crippen LogP contribution is -2.47. The van der Waals surface area contributed by atoms with Gasteiger partial charge in [-0.3, -0.25) is 4.79 Å². The van der Waals surface area contributed by atoms with Gasteiger partial charge in [-0.2, -0.15) is 4.98 Å². The number of hydrogen-bond acceptors (Lipinski definition) is 8. The van der Waals surface area contributed by atoms with Crippen LogP contribution in [0, 0.1) is 0 Å². The van der Waals surface area contributed by atoms with Crippen LogP contribution in [-0.2, 0) is 17.6 Å². The Morgan fingerprint density at radius 1 is 0.971 bits per heavy atom. The number of aryl methyl sites for hydroxylation is 2. The monoisotopic (exact) mass is 471 g/mol. The highest BCUT2D eigenvalue weighted by molar-refractivity contribution is 5.88. The first-order chi connectivity index (χ1) is 16.7. The van der Waals surface area contributed by atoms with Crippen LogP contribution in [0.4, 0.5) is 5.82 Å². The van der Waals surface area contributed by atoms with E-state index < -0.39 is 0 Å². The number of hydrogen-bond donors (Lipinski definition) is 1. The first-order valence-corrected chi connectivity index (χ1v) is 13.3. The van der Waals surface area contributed by atoms with Gasteiger partial charge in [-0.1, -0.05) is 19.0 Å². The number of anilines is 1. The highest BCUT2D eigenvalue weighted by Gasteiger charge is 2.22. The molecule has 0 atom stereocenters. The molecular formula is C25H41N7O2. The molecule has 2 aromatic heterocycles. The SMILES string of the molecule is CCCN1CCN(CCCNC(=O)CCc2nc(N3CCCCC3)c3c(CC)noc3n2)CC1. The van der Waals surface area contributed by atoms with Crippen LogP contribution in [0.1, 0.15) is 63.9 Å². The van der Waals surface area contributed by atoms with Crippen molar-refractivity contribution in [2.24, 2.45) is 0 Å². The molecular weight excluding hydrogens is 430 g/mol. The average Bonchev–Trinajstić information content (AvgIpc) is 3.30. The maximum absolute atomic E-state index is 12.4. The predicted octanol–water partition coefficient (Wildman–Crippen LogP) is 2.64. The molecule has 0 aliphatic carbocycles. The van der Waals surface area contributed by atoms with Gasteiger partial charge in [-0.25, -0.2) is 4.98 Å². The van der Waals surface area contributed by atoms with E-state index in [1.807, 2.05) is 0 Å². The molecule has 0 bridgehead atoms. The molecule has 2 saturated heterocycles. The molecule has 0 unspecified atom stereocenters. The molecule has 9 heteroatoms. The van der Waals surface area contributed by atoms with Crippen LogP contribution in [0.3, 0.4) is 0 Å². The lowest BCUT2D eigenvalue weighted by atomic mass is 10.1. The van der Waals surface area contributed by atoms with Crippen LogP contribution in [0.15, 0.2) is 4.52 Å². The van der Waals surface area contributed by atoms with Gasteiger partial charge in [-0.05, 0) is 51.6 Å². The fourth-order valence-corrected chi connectivity index (χ4v) is 5.02. The highest BCUT2D eigenvalue weighted by atomic mass is 16.5. The fraction of sp³-hybridized carbons (Fsp3) is 0.760. The fourth-order valence-electron chi connectivity index (χ4n) is 5.02. The van der Waals surface area contributed by atoms with Crippen molar-refractivity contribution in [3.63, 3.8) is 0 Å². The Kier molecular flexibility index (Phi) is 9.10. The van der Waals surface area contributed by atoms with Gasteiger partial charge in [-0.15, -0.1) is 0 Å². The Morgan fingerprint density at radius 2 is 1.71 bits per heavy atom. The number of nitrogens with one attached hydrogen (secondary N) is 1. The third-order valence-electron chi connectivity index (χ3n) is 6.98. The van der Waals surface area contributed by atoms with E-state index in [1.165, 1.54) is 32.2 Å². The van der Waals surface area contributed by atoms with E-state index in [-0.39, 0.29) is 5.91 Å². The second-order valence-corrected chi connectivity index (χ2v) is 9.56. The minimum absolute atomic E-state index is 0.0581. The van der Waals surface area contributed by atoms with Crippen LogP contribution in [-0.4, -0.2) is 89.7 Å². The van der Waals surface area contributed by atoms with Crippen molar-refractivity contribution in [2.45, 2.75) is 65.2 Å². The third kappa shape index (κ3) is 6.44. The zero-order valence-electron chi connectivity index (χ0n) is 21.0. The van der Waals surface area contributed by atoms with Gasteiger partial charge in [0.25, 0.3) is 5.71 Å². The maximum Gasteiger partial charge on any atom is 0.263 e. The van der Waals surface area contributed by atoms with Gasteiger partial charge < -0.3 is 24.5 Å². The van der Waals surface area contributed by atoms with Gasteiger partial charge in [0.2, 0.25) is 5.91 Å². The quantitative estimate of drug-likeness (QED) is 0.500. The van der Waals surface area contributed by atoms with Gasteiger partial charge in [0.05, 0.1) is 5.69 Å². The smallest absolute Gasteiger partial charge is 0.263 e. The number of amides is 1. The Morgan fingerprint density at radius 3 is 2.41 bits per heavy atom. The van der Waals surface area contributed by atoms with Crippen molar-refractivity contribution in [1.82, 2.24) is 30.2 Å². The van der Waals surface area contributed by atoms with Crippen molar-refractivity contribution in [3.8, 4) is 0 Å². The molecule has 1 amide bonds. The number of fused-ring (bicyclic) bond motifs is 1. The number of carbonyl (C=O) groups is 1. The van der Waals surface area contributed by atoms with E-state index in [9.17, 15) is 4.79 Å². The molecule has 2 aliphatic heterocycles. The molecule has 0 spiro atoms. The maximum atomic E-state index is 12.4. The molecule has 4 rings (SSSR count). The highest BCUT2D eigenvalue weighted by Crippen LogP contribution is 2.29. The number of piperidine rings is 1. The van der Waals surface area contributed by atoms with E-state index in [1.54, 1.807) is 0 Å². The summed E-state index contributed by atoms with van der Waals surface area (Å²) in [4.78, 5) is 29.3. The Hall–Kier alpha value is -2.26. The van der Waals surface area contributed by atoms with Gasteiger partial charge in [0, 0.05) is 58.7 Å². The van der Waals surface area contributed by atoms with E-state index in [4.69, 9.17) is 9.51 Å². The summed E-state index contributed by atoms with van der Waals surface area (Å²) in [6.07, 6.45) is 7.49. The largest absolute Gasteiger partial charge is 0.356 e. The summed E-state index contributed by atoms with van der Waals surface area (Å²) in [5.41, 5.74) is 1.45. The lowest BCUT2D eigenvalue weighted by Gasteiger charge is -2.34. The molecule has 0 aromatic carbocycles. The summed E-state index contributed by atoms with van der Waals surface area (Å²) in [6.45, 7) is 13.9. The van der Waals surface area contributed by atoms with Crippen LogP contribution < -0.4 is 10.2 Å². The number of rotatable bonds is 11. The Bertz CT molecular complexity index is 917. The molecule has 2 fully saturated rings. The summed E-state index contributed by atoms with van der Waals surface area (Å²) < 4.78 is 5.54. The molecule has 0 radical (unpaired) electrons. The second kappa shape index (κ2) is 12.4. The average molecular weight is 472 g/mol. The number of nitrogens with zero attached hydrogens (tertiary/aromatic N) is 6. The molecule has 34 heavy (non-hydrogen) atoms. The molecule has 4 heterocycles. The van der Waals surface area contributed by atoms with Crippen molar-refractivity contribution in [2.75, 3.05) is 63.8 Å². The Balaban J connectivity index is 1.25. The van der Waals surface area contributed by atoms with Crippen molar-refractivity contribution < 1.29 is 9.32 Å². The first-order valence-electron chi connectivity index (χ1n) is 13.3. The second-order valence-electron chi connectivity index (χ2n) is 9.56. The van der Waals surface area contributed by atoms with E-state index in [2.05, 4.69) is 44.0 Å². The topological polar surface area (TPSA) is 90.6 Å². The van der Waals surface area contributed by atoms with E-state index in [0.717, 1.165) is 82.1 Å². The Labute approximate surface area is 203 Å².